The van der Waals surface area contributed by atoms with E-state index in [-0.39, 0.29) is 24.5 Å². The molecule has 1 aromatic rings. The van der Waals surface area contributed by atoms with E-state index in [1.54, 1.807) is 6.92 Å². The number of rotatable bonds is 5. The summed E-state index contributed by atoms with van der Waals surface area (Å²) in [5, 5.41) is 2.26. The lowest BCUT2D eigenvalue weighted by Gasteiger charge is -2.10. The molecule has 0 fully saturated rings. The number of alkyl carbamates (subject to hydrolysis) is 1. The average molecular weight is 331 g/mol. The van der Waals surface area contributed by atoms with Gasteiger partial charge in [0, 0.05) is 11.8 Å². The molecule has 0 aliphatic rings. The summed E-state index contributed by atoms with van der Waals surface area (Å²) in [5.41, 5.74) is -0.433. The zero-order valence-electron chi connectivity index (χ0n) is 12.6. The molecule has 5 nitrogen and oxygen atoms in total. The van der Waals surface area contributed by atoms with Crippen LogP contribution in [-0.2, 0) is 27.1 Å². The molecular weight excluding hydrogens is 315 g/mol. The molecule has 0 bridgehead atoms. The van der Waals surface area contributed by atoms with Gasteiger partial charge in [0.05, 0.1) is 12.2 Å². The van der Waals surface area contributed by atoms with Gasteiger partial charge in [-0.15, -0.1) is 0 Å². The fourth-order valence-corrected chi connectivity index (χ4v) is 1.58. The van der Waals surface area contributed by atoms with Crippen molar-refractivity contribution in [1.82, 2.24) is 5.32 Å². The van der Waals surface area contributed by atoms with Crippen LogP contribution in [0, 0.1) is 0 Å². The minimum atomic E-state index is -4.46. The Balaban J connectivity index is 2.55. The Hall–Kier alpha value is -2.51. The van der Waals surface area contributed by atoms with Crippen LogP contribution in [0.3, 0.4) is 0 Å². The van der Waals surface area contributed by atoms with Gasteiger partial charge in [0.15, 0.2) is 0 Å². The maximum Gasteiger partial charge on any atom is 0.416 e. The third-order valence-corrected chi connectivity index (χ3v) is 2.54. The number of amides is 1. The average Bonchev–Trinajstić information content (AvgIpc) is 2.44. The number of allylic oxidation sites excluding steroid dienone is 1. The van der Waals surface area contributed by atoms with Gasteiger partial charge in [0.1, 0.15) is 6.61 Å². The molecule has 0 aromatic heterocycles. The van der Waals surface area contributed by atoms with Crippen LogP contribution in [-0.4, -0.2) is 18.7 Å². The highest BCUT2D eigenvalue weighted by atomic mass is 19.4. The molecule has 1 rings (SSSR count). The molecule has 126 valence electrons. The van der Waals surface area contributed by atoms with Crippen LogP contribution >= 0.6 is 0 Å². The SMILES string of the molecule is CCOC(=O)/C=C(/C)NC(=O)OCc1cccc(C(F)(F)F)c1. The number of carbonyl (C=O) groups excluding carboxylic acids is 2. The fourth-order valence-electron chi connectivity index (χ4n) is 1.58. The van der Waals surface area contributed by atoms with Gasteiger partial charge in [0.2, 0.25) is 0 Å². The molecule has 0 atom stereocenters. The molecule has 0 saturated carbocycles. The number of ether oxygens (including phenoxy) is 2. The van der Waals surface area contributed by atoms with Crippen LogP contribution in [0.2, 0.25) is 0 Å². The van der Waals surface area contributed by atoms with Gasteiger partial charge in [-0.1, -0.05) is 12.1 Å². The molecule has 1 amide bonds. The molecule has 8 heteroatoms. The van der Waals surface area contributed by atoms with Crippen LogP contribution in [0.15, 0.2) is 36.0 Å². The van der Waals surface area contributed by atoms with Crippen molar-refractivity contribution in [2.45, 2.75) is 26.6 Å². The normalized spacial score (nSPS) is 11.8. The van der Waals surface area contributed by atoms with Crippen molar-refractivity contribution in [3.05, 3.63) is 47.2 Å². The number of hydrogen-bond acceptors (Lipinski definition) is 4. The van der Waals surface area contributed by atoms with Crippen molar-refractivity contribution in [2.75, 3.05) is 6.61 Å². The van der Waals surface area contributed by atoms with Crippen molar-refractivity contribution in [2.24, 2.45) is 0 Å². The van der Waals surface area contributed by atoms with Gasteiger partial charge in [-0.25, -0.2) is 9.59 Å². The lowest BCUT2D eigenvalue weighted by molar-refractivity contribution is -0.138. The molecule has 1 N–H and O–H groups in total. The summed E-state index contributed by atoms with van der Waals surface area (Å²) >= 11 is 0. The second-order valence-electron chi connectivity index (χ2n) is 4.48. The lowest BCUT2D eigenvalue weighted by atomic mass is 10.1. The maximum absolute atomic E-state index is 12.6. The second-order valence-corrected chi connectivity index (χ2v) is 4.48. The molecule has 0 aliphatic carbocycles. The number of hydrogen-bond donors (Lipinski definition) is 1. The standard InChI is InChI=1S/C15H16F3NO4/c1-3-22-13(20)7-10(2)19-14(21)23-9-11-5-4-6-12(8-11)15(16,17)18/h4-8H,3,9H2,1-2H3,(H,19,21)/b10-7-. The Morgan fingerprint density at radius 1 is 1.26 bits per heavy atom. The minimum Gasteiger partial charge on any atom is -0.463 e. The number of benzene rings is 1. The molecule has 0 aliphatic heterocycles. The van der Waals surface area contributed by atoms with Gasteiger partial charge in [0.25, 0.3) is 0 Å². The third kappa shape index (κ3) is 6.86. The van der Waals surface area contributed by atoms with E-state index in [9.17, 15) is 22.8 Å². The third-order valence-electron chi connectivity index (χ3n) is 2.54. The van der Waals surface area contributed by atoms with Crippen molar-refractivity contribution < 1.29 is 32.2 Å². The van der Waals surface area contributed by atoms with Crippen LogP contribution in [0.5, 0.6) is 0 Å². The number of esters is 1. The first kappa shape index (κ1) is 18.5. The molecule has 1 aromatic carbocycles. The van der Waals surface area contributed by atoms with E-state index < -0.39 is 23.8 Å². The highest BCUT2D eigenvalue weighted by Gasteiger charge is 2.30. The number of halogens is 3. The van der Waals surface area contributed by atoms with Crippen molar-refractivity contribution in [3.8, 4) is 0 Å². The fraction of sp³-hybridized carbons (Fsp3) is 0.333. The Labute approximate surface area is 131 Å². The van der Waals surface area contributed by atoms with E-state index >= 15 is 0 Å². The van der Waals surface area contributed by atoms with E-state index in [2.05, 4.69) is 10.1 Å². The quantitative estimate of drug-likeness (QED) is 0.663. The smallest absolute Gasteiger partial charge is 0.416 e. The van der Waals surface area contributed by atoms with E-state index in [4.69, 9.17) is 4.74 Å². The Bertz CT molecular complexity index is 597. The van der Waals surface area contributed by atoms with Crippen molar-refractivity contribution in [3.63, 3.8) is 0 Å². The van der Waals surface area contributed by atoms with E-state index in [0.29, 0.717) is 0 Å². The summed E-state index contributed by atoms with van der Waals surface area (Å²) in [6.07, 6.45) is -4.29. The summed E-state index contributed by atoms with van der Waals surface area (Å²) in [6, 6.07) is 4.46. The van der Waals surface area contributed by atoms with Crippen molar-refractivity contribution >= 4 is 12.1 Å². The number of carbonyl (C=O) groups is 2. The minimum absolute atomic E-state index is 0.192. The van der Waals surface area contributed by atoms with Crippen LogP contribution in [0.25, 0.3) is 0 Å². The molecule has 0 spiro atoms. The zero-order chi connectivity index (χ0) is 17.5. The lowest BCUT2D eigenvalue weighted by Crippen LogP contribution is -2.23. The van der Waals surface area contributed by atoms with Gasteiger partial charge >= 0.3 is 18.2 Å². The maximum atomic E-state index is 12.6. The summed E-state index contributed by atoms with van der Waals surface area (Å²) in [4.78, 5) is 22.6. The first-order valence-electron chi connectivity index (χ1n) is 6.67. The van der Waals surface area contributed by atoms with E-state index in [0.717, 1.165) is 18.2 Å². The predicted octanol–water partition coefficient (Wildman–Crippen LogP) is 3.40. The van der Waals surface area contributed by atoms with Gasteiger partial charge < -0.3 is 9.47 Å². The first-order valence-corrected chi connectivity index (χ1v) is 6.67. The zero-order valence-corrected chi connectivity index (χ0v) is 12.6. The summed E-state index contributed by atoms with van der Waals surface area (Å²) < 4.78 is 47.1. The Kier molecular flexibility index (Phi) is 6.62. The molecule has 0 saturated heterocycles. The molecule has 0 radical (unpaired) electrons. The summed E-state index contributed by atoms with van der Waals surface area (Å²) in [5.74, 6) is -0.622. The number of alkyl halides is 3. The number of nitrogens with one attached hydrogen (secondary N) is 1. The van der Waals surface area contributed by atoms with Crippen LogP contribution in [0.4, 0.5) is 18.0 Å². The van der Waals surface area contributed by atoms with Crippen LogP contribution < -0.4 is 5.32 Å². The molecule has 23 heavy (non-hydrogen) atoms. The summed E-state index contributed by atoms with van der Waals surface area (Å²) in [6.45, 7) is 2.95. The molecular formula is C15H16F3NO4. The van der Waals surface area contributed by atoms with Crippen LogP contribution in [0.1, 0.15) is 25.0 Å². The highest BCUT2D eigenvalue weighted by Crippen LogP contribution is 2.29. The topological polar surface area (TPSA) is 64.6 Å². The summed E-state index contributed by atoms with van der Waals surface area (Å²) in [7, 11) is 0. The molecule has 0 heterocycles. The van der Waals surface area contributed by atoms with Gasteiger partial charge in [-0.2, -0.15) is 13.2 Å². The Morgan fingerprint density at radius 2 is 1.96 bits per heavy atom. The molecule has 0 unspecified atom stereocenters. The largest absolute Gasteiger partial charge is 0.463 e. The predicted molar refractivity (Wildman–Crippen MR) is 75.2 cm³/mol. The highest BCUT2D eigenvalue weighted by molar-refractivity contribution is 5.83. The monoisotopic (exact) mass is 331 g/mol. The first-order chi connectivity index (χ1) is 10.7. The van der Waals surface area contributed by atoms with E-state index in [1.165, 1.54) is 19.1 Å². The second kappa shape index (κ2) is 8.21. The van der Waals surface area contributed by atoms with Gasteiger partial charge in [-0.05, 0) is 31.5 Å². The van der Waals surface area contributed by atoms with Crippen molar-refractivity contribution in [1.29, 1.82) is 0 Å². The van der Waals surface area contributed by atoms with E-state index in [1.807, 2.05) is 0 Å². The van der Waals surface area contributed by atoms with Gasteiger partial charge in [-0.3, -0.25) is 5.32 Å². The Morgan fingerprint density at radius 3 is 2.57 bits per heavy atom.